The highest BCUT2D eigenvalue weighted by atomic mass is 79.9. The van der Waals surface area contributed by atoms with E-state index in [1.165, 1.54) is 0 Å². The van der Waals surface area contributed by atoms with Crippen LogP contribution in [0.25, 0.3) is 0 Å². The predicted molar refractivity (Wildman–Crippen MR) is 61.8 cm³/mol. The van der Waals surface area contributed by atoms with Crippen molar-refractivity contribution in [1.82, 2.24) is 9.55 Å². The van der Waals surface area contributed by atoms with Crippen LogP contribution >= 0.6 is 15.9 Å². The lowest BCUT2D eigenvalue weighted by Crippen LogP contribution is -1.97. The predicted octanol–water partition coefficient (Wildman–Crippen LogP) is 2.56. The van der Waals surface area contributed by atoms with Crippen molar-refractivity contribution in [3.05, 3.63) is 35.1 Å². The molecule has 0 unspecified atom stereocenters. The third-order valence-electron chi connectivity index (χ3n) is 1.97. The Balaban J connectivity index is 2.36. The third kappa shape index (κ3) is 1.97. The normalized spacial score (nSPS) is 10.3. The topological polar surface area (TPSA) is 53.1 Å². The van der Waals surface area contributed by atoms with Gasteiger partial charge >= 0.3 is 6.01 Å². The standard InChI is InChI=1S/C10H10BrN3O/c1-14-6-5-13-10(14)15-9-7(11)3-2-4-8(9)12/h2-6H,12H2,1H3. The summed E-state index contributed by atoms with van der Waals surface area (Å²) in [7, 11) is 1.86. The van der Waals surface area contributed by atoms with Crippen LogP contribution < -0.4 is 10.5 Å². The highest BCUT2D eigenvalue weighted by Gasteiger charge is 2.09. The summed E-state index contributed by atoms with van der Waals surface area (Å²) >= 11 is 3.38. The van der Waals surface area contributed by atoms with E-state index < -0.39 is 0 Å². The number of nitrogens with zero attached hydrogens (tertiary/aromatic N) is 2. The molecule has 2 N–H and O–H groups in total. The summed E-state index contributed by atoms with van der Waals surface area (Å²) in [6, 6.07) is 6.01. The van der Waals surface area contributed by atoms with Gasteiger partial charge in [0.15, 0.2) is 5.75 Å². The van der Waals surface area contributed by atoms with Gasteiger partial charge in [-0.1, -0.05) is 6.07 Å². The molecule has 1 heterocycles. The second-order valence-electron chi connectivity index (χ2n) is 3.08. The molecule has 0 radical (unpaired) electrons. The number of nitrogen functional groups attached to an aromatic ring is 1. The highest BCUT2D eigenvalue weighted by Crippen LogP contribution is 2.33. The van der Waals surface area contributed by atoms with E-state index in [1.54, 1.807) is 16.8 Å². The number of aromatic nitrogens is 2. The second-order valence-corrected chi connectivity index (χ2v) is 3.94. The molecule has 1 aromatic carbocycles. The monoisotopic (exact) mass is 267 g/mol. The first-order valence-corrected chi connectivity index (χ1v) is 5.17. The molecular weight excluding hydrogens is 258 g/mol. The van der Waals surface area contributed by atoms with E-state index in [0.29, 0.717) is 17.4 Å². The van der Waals surface area contributed by atoms with E-state index in [1.807, 2.05) is 25.4 Å². The van der Waals surface area contributed by atoms with E-state index in [9.17, 15) is 0 Å². The molecule has 15 heavy (non-hydrogen) atoms. The smallest absolute Gasteiger partial charge is 0.301 e. The Kier molecular flexibility index (Phi) is 2.64. The van der Waals surface area contributed by atoms with Crippen molar-refractivity contribution in [2.45, 2.75) is 0 Å². The molecule has 0 aliphatic rings. The number of hydrogen-bond acceptors (Lipinski definition) is 3. The van der Waals surface area contributed by atoms with Crippen molar-refractivity contribution in [3.63, 3.8) is 0 Å². The maximum Gasteiger partial charge on any atom is 0.301 e. The SMILES string of the molecule is Cn1ccnc1Oc1c(N)cccc1Br. The molecule has 2 aromatic rings. The first kappa shape index (κ1) is 10.0. The van der Waals surface area contributed by atoms with Crippen LogP contribution in [-0.2, 0) is 7.05 Å². The Morgan fingerprint density at radius 3 is 2.87 bits per heavy atom. The summed E-state index contributed by atoms with van der Waals surface area (Å²) < 4.78 is 8.18. The molecule has 0 spiro atoms. The summed E-state index contributed by atoms with van der Waals surface area (Å²) in [5.74, 6) is 0.590. The summed E-state index contributed by atoms with van der Waals surface area (Å²) in [6.07, 6.45) is 3.48. The fourth-order valence-corrected chi connectivity index (χ4v) is 1.64. The zero-order valence-electron chi connectivity index (χ0n) is 8.14. The Morgan fingerprint density at radius 2 is 2.27 bits per heavy atom. The summed E-state index contributed by atoms with van der Waals surface area (Å²) in [4.78, 5) is 4.06. The van der Waals surface area contributed by atoms with Gasteiger partial charge in [0.1, 0.15) is 0 Å². The number of nitrogens with two attached hydrogens (primary N) is 1. The summed E-state index contributed by atoms with van der Waals surface area (Å²) in [5, 5.41) is 0. The van der Waals surface area contributed by atoms with Gasteiger partial charge in [-0.3, -0.25) is 0 Å². The molecule has 0 bridgehead atoms. The quantitative estimate of drug-likeness (QED) is 0.851. The highest BCUT2D eigenvalue weighted by molar-refractivity contribution is 9.10. The molecule has 0 aliphatic heterocycles. The average Bonchev–Trinajstić information content (AvgIpc) is 2.58. The largest absolute Gasteiger partial charge is 0.422 e. The fraction of sp³-hybridized carbons (Fsp3) is 0.100. The van der Waals surface area contributed by atoms with Crippen LogP contribution in [0.1, 0.15) is 0 Å². The van der Waals surface area contributed by atoms with Crippen molar-refractivity contribution in [2.24, 2.45) is 7.05 Å². The van der Waals surface area contributed by atoms with Gasteiger partial charge in [0.2, 0.25) is 0 Å². The Hall–Kier alpha value is -1.49. The van der Waals surface area contributed by atoms with Crippen molar-refractivity contribution >= 4 is 21.6 Å². The average molecular weight is 268 g/mol. The number of para-hydroxylation sites is 1. The van der Waals surface area contributed by atoms with Crippen molar-refractivity contribution < 1.29 is 4.74 Å². The molecule has 1 aromatic heterocycles. The minimum atomic E-state index is 0.508. The Morgan fingerprint density at radius 1 is 1.47 bits per heavy atom. The van der Waals surface area contributed by atoms with Gasteiger partial charge in [-0.25, -0.2) is 4.98 Å². The van der Waals surface area contributed by atoms with Crippen molar-refractivity contribution in [3.8, 4) is 11.8 Å². The van der Waals surface area contributed by atoms with Gasteiger partial charge in [0, 0.05) is 19.4 Å². The maximum absolute atomic E-state index is 5.80. The number of hydrogen-bond donors (Lipinski definition) is 1. The molecule has 78 valence electrons. The molecule has 4 nitrogen and oxygen atoms in total. The number of halogens is 1. The zero-order valence-corrected chi connectivity index (χ0v) is 9.73. The van der Waals surface area contributed by atoms with E-state index in [0.717, 1.165) is 4.47 Å². The number of aryl methyl sites for hydroxylation is 1. The molecule has 0 saturated heterocycles. The van der Waals surface area contributed by atoms with Gasteiger partial charge in [-0.05, 0) is 28.1 Å². The first-order valence-electron chi connectivity index (χ1n) is 4.37. The Bertz CT molecular complexity index is 461. The number of benzene rings is 1. The van der Waals surface area contributed by atoms with E-state index in [-0.39, 0.29) is 0 Å². The van der Waals surface area contributed by atoms with Gasteiger partial charge in [0.25, 0.3) is 0 Å². The number of imidazole rings is 1. The van der Waals surface area contributed by atoms with Gasteiger partial charge in [0.05, 0.1) is 10.2 Å². The van der Waals surface area contributed by atoms with E-state index in [4.69, 9.17) is 10.5 Å². The second kappa shape index (κ2) is 3.94. The van der Waals surface area contributed by atoms with E-state index in [2.05, 4.69) is 20.9 Å². The molecule has 5 heteroatoms. The summed E-state index contributed by atoms with van der Waals surface area (Å²) in [6.45, 7) is 0. The van der Waals surface area contributed by atoms with Crippen molar-refractivity contribution in [2.75, 3.05) is 5.73 Å². The molecule has 0 amide bonds. The van der Waals surface area contributed by atoms with Gasteiger partial charge in [-0.15, -0.1) is 0 Å². The minimum absolute atomic E-state index is 0.508. The molecular formula is C10H10BrN3O. The number of rotatable bonds is 2. The van der Waals surface area contributed by atoms with Gasteiger partial charge < -0.3 is 15.0 Å². The third-order valence-corrected chi connectivity index (χ3v) is 2.59. The zero-order chi connectivity index (χ0) is 10.8. The van der Waals surface area contributed by atoms with Gasteiger partial charge in [-0.2, -0.15) is 0 Å². The van der Waals surface area contributed by atoms with Crippen LogP contribution in [-0.4, -0.2) is 9.55 Å². The van der Waals surface area contributed by atoms with Crippen LogP contribution in [0.4, 0.5) is 5.69 Å². The first-order chi connectivity index (χ1) is 7.18. The van der Waals surface area contributed by atoms with Crippen LogP contribution in [0.15, 0.2) is 35.1 Å². The Labute approximate surface area is 95.8 Å². The van der Waals surface area contributed by atoms with Crippen LogP contribution in [0, 0.1) is 0 Å². The molecule has 0 saturated carbocycles. The number of anilines is 1. The number of ether oxygens (including phenoxy) is 1. The lowest BCUT2D eigenvalue weighted by atomic mass is 10.3. The summed E-state index contributed by atoms with van der Waals surface area (Å²) in [5.41, 5.74) is 6.37. The molecule has 0 aliphatic carbocycles. The minimum Gasteiger partial charge on any atom is -0.422 e. The molecule has 0 atom stereocenters. The van der Waals surface area contributed by atoms with Crippen molar-refractivity contribution in [1.29, 1.82) is 0 Å². The lowest BCUT2D eigenvalue weighted by molar-refractivity contribution is 0.424. The van der Waals surface area contributed by atoms with E-state index >= 15 is 0 Å². The molecule has 0 fully saturated rings. The lowest BCUT2D eigenvalue weighted by Gasteiger charge is -2.09. The molecule has 2 rings (SSSR count). The van der Waals surface area contributed by atoms with Crippen LogP contribution in [0.5, 0.6) is 11.8 Å². The van der Waals surface area contributed by atoms with Crippen LogP contribution in [0.3, 0.4) is 0 Å². The fourth-order valence-electron chi connectivity index (χ4n) is 1.17. The van der Waals surface area contributed by atoms with Crippen LogP contribution in [0.2, 0.25) is 0 Å². The maximum atomic E-state index is 5.80.